The van der Waals surface area contributed by atoms with Gasteiger partial charge in [0, 0.05) is 22.2 Å². The number of halogens is 1. The molecule has 0 saturated carbocycles. The summed E-state index contributed by atoms with van der Waals surface area (Å²) >= 11 is 6.16. The second-order valence-electron chi connectivity index (χ2n) is 7.21. The van der Waals surface area contributed by atoms with Crippen LogP contribution < -0.4 is 5.32 Å². The van der Waals surface area contributed by atoms with Crippen molar-refractivity contribution in [3.63, 3.8) is 0 Å². The van der Waals surface area contributed by atoms with E-state index < -0.39 is 29.3 Å². The fourth-order valence-electron chi connectivity index (χ4n) is 4.01. The third-order valence-corrected chi connectivity index (χ3v) is 5.52. The minimum atomic E-state index is -1.31. The standard InChI is InChI=1S/C23H24ClNO5/c1-4-29-21(27)18(22(28)30-5-2)19-16-12-11-15(24)13-17(16)25-23(19,3)20(26)14-9-7-6-8-10-14/h6-13,18-19,25H,4-5H2,1-3H3. The third kappa shape index (κ3) is 3.92. The Morgan fingerprint density at radius 3 is 2.20 bits per heavy atom. The Morgan fingerprint density at radius 2 is 1.63 bits per heavy atom. The van der Waals surface area contributed by atoms with E-state index in [2.05, 4.69) is 5.32 Å². The van der Waals surface area contributed by atoms with E-state index in [-0.39, 0.29) is 19.0 Å². The highest BCUT2D eigenvalue weighted by Crippen LogP contribution is 2.49. The zero-order valence-electron chi connectivity index (χ0n) is 17.1. The van der Waals surface area contributed by atoms with Crippen LogP contribution in [0.5, 0.6) is 0 Å². The molecule has 6 nitrogen and oxygen atoms in total. The van der Waals surface area contributed by atoms with Gasteiger partial charge in [0.05, 0.1) is 13.2 Å². The lowest BCUT2D eigenvalue weighted by atomic mass is 9.72. The molecule has 0 spiro atoms. The first-order valence-corrected chi connectivity index (χ1v) is 10.2. The van der Waals surface area contributed by atoms with E-state index in [9.17, 15) is 14.4 Å². The Hall–Kier alpha value is -2.86. The summed E-state index contributed by atoms with van der Waals surface area (Å²) in [5.74, 6) is -3.85. The number of Topliss-reactive ketones (excluding diaryl/α,β-unsaturated/α-hetero) is 1. The average Bonchev–Trinajstić information content (AvgIpc) is 3.01. The van der Waals surface area contributed by atoms with Crippen LogP contribution in [-0.4, -0.2) is 36.5 Å². The molecular formula is C23H24ClNO5. The number of esters is 2. The Morgan fingerprint density at radius 1 is 1.03 bits per heavy atom. The second-order valence-corrected chi connectivity index (χ2v) is 7.65. The molecule has 30 heavy (non-hydrogen) atoms. The van der Waals surface area contributed by atoms with Gasteiger partial charge in [-0.2, -0.15) is 0 Å². The van der Waals surface area contributed by atoms with Crippen LogP contribution in [0.15, 0.2) is 48.5 Å². The SMILES string of the molecule is CCOC(=O)C(C(=O)OCC)C1c2ccc(Cl)cc2NC1(C)C(=O)c1ccccc1. The molecule has 1 aliphatic heterocycles. The highest BCUT2D eigenvalue weighted by molar-refractivity contribution is 6.31. The number of nitrogens with one attached hydrogen (secondary N) is 1. The van der Waals surface area contributed by atoms with Gasteiger partial charge in [0.2, 0.25) is 0 Å². The average molecular weight is 430 g/mol. The normalized spacial score (nSPS) is 19.7. The molecule has 0 fully saturated rings. The maximum Gasteiger partial charge on any atom is 0.321 e. The fourth-order valence-corrected chi connectivity index (χ4v) is 4.18. The molecular weight excluding hydrogens is 406 g/mol. The summed E-state index contributed by atoms with van der Waals surface area (Å²) in [5, 5.41) is 3.70. The number of ether oxygens (including phenoxy) is 2. The first-order valence-electron chi connectivity index (χ1n) is 9.84. The minimum Gasteiger partial charge on any atom is -0.465 e. The summed E-state index contributed by atoms with van der Waals surface area (Å²) in [4.78, 5) is 39.4. The van der Waals surface area contributed by atoms with E-state index in [1.165, 1.54) is 0 Å². The first-order chi connectivity index (χ1) is 14.3. The lowest BCUT2D eigenvalue weighted by Crippen LogP contribution is -2.50. The van der Waals surface area contributed by atoms with Crippen LogP contribution in [-0.2, 0) is 19.1 Å². The van der Waals surface area contributed by atoms with E-state index in [1.54, 1.807) is 63.2 Å². The molecule has 3 rings (SSSR count). The second kappa shape index (κ2) is 8.88. The van der Waals surface area contributed by atoms with Gasteiger partial charge in [-0.25, -0.2) is 0 Å². The maximum atomic E-state index is 13.6. The number of hydrogen-bond donors (Lipinski definition) is 1. The van der Waals surface area contributed by atoms with Gasteiger partial charge in [0.15, 0.2) is 11.7 Å². The van der Waals surface area contributed by atoms with Gasteiger partial charge >= 0.3 is 11.9 Å². The first kappa shape index (κ1) is 21.8. The molecule has 2 unspecified atom stereocenters. The molecule has 0 amide bonds. The van der Waals surface area contributed by atoms with Crippen molar-refractivity contribution in [1.82, 2.24) is 0 Å². The molecule has 158 valence electrons. The van der Waals surface area contributed by atoms with E-state index in [1.807, 2.05) is 6.07 Å². The summed E-state index contributed by atoms with van der Waals surface area (Å²) in [6.45, 7) is 5.22. The van der Waals surface area contributed by atoms with Crippen LogP contribution in [0.4, 0.5) is 5.69 Å². The van der Waals surface area contributed by atoms with Crippen molar-refractivity contribution in [2.45, 2.75) is 32.2 Å². The maximum absolute atomic E-state index is 13.6. The molecule has 2 aromatic rings. The minimum absolute atomic E-state index is 0.103. The molecule has 0 saturated heterocycles. The van der Waals surface area contributed by atoms with Gasteiger partial charge in [-0.3, -0.25) is 14.4 Å². The summed E-state index contributed by atoms with van der Waals surface area (Å²) < 4.78 is 10.4. The van der Waals surface area contributed by atoms with Crippen LogP contribution in [0.2, 0.25) is 5.02 Å². The zero-order chi connectivity index (χ0) is 21.9. The molecule has 1 heterocycles. The Kier molecular flexibility index (Phi) is 6.46. The monoisotopic (exact) mass is 429 g/mol. The predicted octanol–water partition coefficient (Wildman–Crippen LogP) is 4.23. The number of carbonyl (C=O) groups is 3. The van der Waals surface area contributed by atoms with Crippen LogP contribution in [0.25, 0.3) is 0 Å². The van der Waals surface area contributed by atoms with E-state index in [0.717, 1.165) is 0 Å². The van der Waals surface area contributed by atoms with Crippen LogP contribution >= 0.6 is 11.6 Å². The van der Waals surface area contributed by atoms with Crippen molar-refractivity contribution in [3.05, 3.63) is 64.7 Å². The molecule has 2 atom stereocenters. The van der Waals surface area contributed by atoms with Crippen LogP contribution in [0, 0.1) is 5.92 Å². The molecule has 2 aromatic carbocycles. The third-order valence-electron chi connectivity index (χ3n) is 5.29. The molecule has 1 aliphatic rings. The van der Waals surface area contributed by atoms with Gasteiger partial charge in [0.25, 0.3) is 0 Å². The highest BCUT2D eigenvalue weighted by Gasteiger charge is 2.56. The molecule has 7 heteroatoms. The number of anilines is 1. The zero-order valence-corrected chi connectivity index (χ0v) is 17.9. The number of ketones is 1. The summed E-state index contributed by atoms with van der Waals surface area (Å²) in [6.07, 6.45) is 0. The topological polar surface area (TPSA) is 81.7 Å². The highest BCUT2D eigenvalue weighted by atomic mass is 35.5. The van der Waals surface area contributed by atoms with Crippen molar-refractivity contribution in [1.29, 1.82) is 0 Å². The smallest absolute Gasteiger partial charge is 0.321 e. The predicted molar refractivity (Wildman–Crippen MR) is 114 cm³/mol. The lowest BCUT2D eigenvalue weighted by molar-refractivity contribution is -0.163. The molecule has 1 N–H and O–H groups in total. The van der Waals surface area contributed by atoms with Crippen molar-refractivity contribution in [3.8, 4) is 0 Å². The van der Waals surface area contributed by atoms with Crippen molar-refractivity contribution >= 4 is 35.0 Å². The van der Waals surface area contributed by atoms with Crippen molar-refractivity contribution in [2.75, 3.05) is 18.5 Å². The largest absolute Gasteiger partial charge is 0.465 e. The number of hydrogen-bond acceptors (Lipinski definition) is 6. The summed E-state index contributed by atoms with van der Waals surface area (Å²) in [6, 6.07) is 13.8. The molecule has 0 aromatic heterocycles. The van der Waals surface area contributed by atoms with Crippen molar-refractivity contribution in [2.24, 2.45) is 5.92 Å². The lowest BCUT2D eigenvalue weighted by Gasteiger charge is -2.34. The molecule has 0 bridgehead atoms. The van der Waals surface area contributed by atoms with E-state index >= 15 is 0 Å². The van der Waals surface area contributed by atoms with E-state index in [0.29, 0.717) is 21.8 Å². The van der Waals surface area contributed by atoms with Crippen LogP contribution in [0.3, 0.4) is 0 Å². The van der Waals surface area contributed by atoms with Gasteiger partial charge in [-0.15, -0.1) is 0 Å². The number of benzene rings is 2. The molecule has 0 aliphatic carbocycles. The van der Waals surface area contributed by atoms with Crippen LogP contribution in [0.1, 0.15) is 42.6 Å². The van der Waals surface area contributed by atoms with Gasteiger partial charge in [-0.1, -0.05) is 48.0 Å². The van der Waals surface area contributed by atoms with Gasteiger partial charge in [-0.05, 0) is 38.5 Å². The van der Waals surface area contributed by atoms with Gasteiger partial charge < -0.3 is 14.8 Å². The number of rotatable bonds is 7. The van der Waals surface area contributed by atoms with Gasteiger partial charge in [0.1, 0.15) is 5.54 Å². The quantitative estimate of drug-likeness (QED) is 0.403. The summed E-state index contributed by atoms with van der Waals surface area (Å²) in [5.41, 5.74) is 0.400. The number of carbonyl (C=O) groups excluding carboxylic acids is 3. The molecule has 0 radical (unpaired) electrons. The van der Waals surface area contributed by atoms with E-state index in [4.69, 9.17) is 21.1 Å². The fraction of sp³-hybridized carbons (Fsp3) is 0.348. The Balaban J connectivity index is 2.17. The Bertz CT molecular complexity index is 943. The van der Waals surface area contributed by atoms with Crippen molar-refractivity contribution < 1.29 is 23.9 Å². The summed E-state index contributed by atoms with van der Waals surface area (Å²) in [7, 11) is 0. The number of fused-ring (bicyclic) bond motifs is 1. The Labute approximate surface area is 180 Å².